The average molecular weight is 1330 g/mol. The average Bonchev–Trinajstić information content (AvgIpc) is 2.39. The third-order valence-corrected chi connectivity index (χ3v) is 18.5. The largest absolute Gasteiger partial charge is 0.444 e. The van der Waals surface area contributed by atoms with Gasteiger partial charge in [-0.2, -0.15) is 19.2 Å². The van der Waals surface area contributed by atoms with Crippen molar-refractivity contribution in [2.45, 2.75) is 135 Å². The molecule has 89 heavy (non-hydrogen) atoms. The fourth-order valence-corrected chi connectivity index (χ4v) is 13.7. The topological polar surface area (TPSA) is 271 Å². The van der Waals surface area contributed by atoms with E-state index < -0.39 is 31.7 Å². The number of sulfonamides is 2. The first-order valence-electron chi connectivity index (χ1n) is 30.1. The van der Waals surface area contributed by atoms with Crippen LogP contribution in [0.4, 0.5) is 39.4 Å². The number of hydrogen-bond acceptors (Lipinski definition) is 17. The SMILES string of the molecule is C.CC(C)(C)OC(=O)NC1CCN(c2cc(N3CCC3)nc3cc([C@@H]4CCCCN4C(=O)c4cc(Cl)ccc4NS(C)(=O)=O)nn23)CC1.CS(=O)(=O)Nc1ccc(Cl)cc1C(=O)N1CCCC[C@H]1c1cc2nc(N3CCC3)cc(N3CCC(N)CC3)n2n1.Cl. The van der Waals surface area contributed by atoms with E-state index in [9.17, 15) is 31.2 Å². The number of aromatic nitrogens is 6. The van der Waals surface area contributed by atoms with Gasteiger partial charge in [0.15, 0.2) is 11.3 Å². The van der Waals surface area contributed by atoms with Crippen LogP contribution in [0.2, 0.25) is 10.0 Å². The number of nitrogens with two attached hydrogens (primary N) is 1. The molecule has 0 radical (unpaired) electrons. The summed E-state index contributed by atoms with van der Waals surface area (Å²) in [5.41, 5.74) is 9.41. The number of rotatable bonds is 13. The molecule has 6 saturated heterocycles. The molecule has 3 amide bonds. The van der Waals surface area contributed by atoms with Crippen LogP contribution in [0.5, 0.6) is 0 Å². The molecule has 484 valence electrons. The van der Waals surface area contributed by atoms with Crippen molar-refractivity contribution < 1.29 is 36.0 Å². The lowest BCUT2D eigenvalue weighted by molar-refractivity contribution is 0.0495. The number of amides is 3. The number of carbonyl (C=O) groups excluding carboxylic acids is 3. The van der Waals surface area contributed by atoms with Gasteiger partial charge in [0.25, 0.3) is 11.8 Å². The molecule has 12 rings (SSSR count). The zero-order chi connectivity index (χ0) is 61.5. The molecule has 0 unspecified atom stereocenters. The Morgan fingerprint density at radius 3 is 1.36 bits per heavy atom. The van der Waals surface area contributed by atoms with E-state index in [1.54, 1.807) is 21.9 Å². The van der Waals surface area contributed by atoms with E-state index in [1.165, 1.54) is 24.3 Å². The molecule has 6 aliphatic rings. The van der Waals surface area contributed by atoms with Crippen LogP contribution in [0, 0.1) is 0 Å². The van der Waals surface area contributed by atoms with E-state index in [2.05, 4.69) is 46.5 Å². The predicted octanol–water partition coefficient (Wildman–Crippen LogP) is 9.14. The van der Waals surface area contributed by atoms with Gasteiger partial charge in [-0.05, 0) is 134 Å². The number of ether oxygens (including phenoxy) is 1. The number of alkyl carbamates (subject to hydrolysis) is 1. The van der Waals surface area contributed by atoms with Crippen LogP contribution in [0.25, 0.3) is 11.3 Å². The molecule has 24 nitrogen and oxygen atoms in total. The lowest BCUT2D eigenvalue weighted by atomic mass is 9.98. The van der Waals surface area contributed by atoms with E-state index in [0.717, 1.165) is 163 Å². The van der Waals surface area contributed by atoms with Crippen molar-refractivity contribution in [3.63, 3.8) is 0 Å². The maximum atomic E-state index is 14.1. The van der Waals surface area contributed by atoms with Gasteiger partial charge in [0.2, 0.25) is 20.0 Å². The maximum Gasteiger partial charge on any atom is 0.407 e. The van der Waals surface area contributed by atoms with Crippen LogP contribution >= 0.6 is 35.6 Å². The molecule has 5 N–H and O–H groups in total. The van der Waals surface area contributed by atoms with Gasteiger partial charge in [-0.15, -0.1) is 12.4 Å². The monoisotopic (exact) mass is 1320 g/mol. The lowest BCUT2D eigenvalue weighted by Crippen LogP contribution is -2.46. The van der Waals surface area contributed by atoms with Crippen molar-refractivity contribution in [1.29, 1.82) is 0 Å². The van der Waals surface area contributed by atoms with Gasteiger partial charge in [-0.25, -0.2) is 31.6 Å². The van der Waals surface area contributed by atoms with Gasteiger partial charge in [-0.1, -0.05) is 30.6 Å². The molecule has 0 aliphatic carbocycles. The number of nitrogens with zero attached hydrogens (tertiary/aromatic N) is 12. The fourth-order valence-electron chi connectivity index (χ4n) is 12.2. The first kappa shape index (κ1) is 66.8. The molecule has 29 heteroatoms. The molecule has 4 aromatic heterocycles. The number of nitrogens with one attached hydrogen (secondary N) is 3. The summed E-state index contributed by atoms with van der Waals surface area (Å²) >= 11 is 12.5. The number of likely N-dealkylation sites (tertiary alicyclic amines) is 2. The minimum atomic E-state index is -3.62. The molecular formula is C60H83Cl3N16O8S2. The smallest absolute Gasteiger partial charge is 0.407 e. The van der Waals surface area contributed by atoms with Crippen molar-refractivity contribution in [3.8, 4) is 0 Å². The molecule has 0 spiro atoms. The Kier molecular flexibility index (Phi) is 20.6. The molecular weight excluding hydrogens is 1240 g/mol. The standard InChI is InChI=1S/C32H43ClN8O5S.C27H35ClN8O3S.CH4.ClH/c1-32(2,3)46-31(43)34-22-11-16-39(17-12-22)29-20-27(38-13-7-14-38)35-28-19-25(36-41(28)29)26-8-5-6-15-40(26)30(42)23-18-21(33)9-10-24(23)37-47(4,44)45;1-40(38,39)32-21-7-6-18(28)15-20(21)27(37)35-12-3-2-5-23(35)22-16-25-30-24(33-10-4-11-33)17-26(36(25)31-22)34-13-8-19(29)9-14-34;;/h9-10,18-20,22,26,37H,5-8,11-17H2,1-4H3,(H,34,43);6-7,15-17,19,23,32H,2-5,8-14,29H2,1H3;1H4;1H/t26-;23-;;/m00../s1. The number of anilines is 6. The minimum Gasteiger partial charge on any atom is -0.444 e. The van der Waals surface area contributed by atoms with Crippen LogP contribution in [0.3, 0.4) is 0 Å². The van der Waals surface area contributed by atoms with Gasteiger partial charge in [0.05, 0.1) is 58.5 Å². The summed E-state index contributed by atoms with van der Waals surface area (Å²) in [5, 5.41) is 13.8. The Hall–Kier alpha value is -6.58. The first-order chi connectivity index (χ1) is 41.4. The number of fused-ring (bicyclic) bond motifs is 2. The highest BCUT2D eigenvalue weighted by Gasteiger charge is 2.36. The Labute approximate surface area is 537 Å². The zero-order valence-electron chi connectivity index (χ0n) is 50.3. The van der Waals surface area contributed by atoms with E-state index in [-0.39, 0.29) is 78.3 Å². The molecule has 0 saturated carbocycles. The quantitative estimate of drug-likeness (QED) is 0.0839. The highest BCUT2D eigenvalue weighted by atomic mass is 35.5. The maximum absolute atomic E-state index is 14.1. The van der Waals surface area contributed by atoms with Crippen molar-refractivity contribution >= 4 is 120 Å². The van der Waals surface area contributed by atoms with Crippen molar-refractivity contribution in [2.24, 2.45) is 5.73 Å². The van der Waals surface area contributed by atoms with Crippen molar-refractivity contribution in [1.82, 2.24) is 44.3 Å². The van der Waals surface area contributed by atoms with Gasteiger partial charge >= 0.3 is 6.09 Å². The number of hydrogen-bond donors (Lipinski definition) is 4. The van der Waals surface area contributed by atoms with Gasteiger partial charge < -0.3 is 45.2 Å². The lowest BCUT2D eigenvalue weighted by Gasteiger charge is -2.36. The molecule has 6 aliphatic heterocycles. The minimum absolute atomic E-state index is 0. The Morgan fingerprint density at radius 1 is 0.562 bits per heavy atom. The highest BCUT2D eigenvalue weighted by molar-refractivity contribution is 7.92. The van der Waals surface area contributed by atoms with E-state index in [4.69, 9.17) is 53.8 Å². The second kappa shape index (κ2) is 27.5. The van der Waals surface area contributed by atoms with Crippen LogP contribution in [0.1, 0.15) is 149 Å². The second-order valence-corrected chi connectivity index (χ2v) is 29.1. The molecule has 6 fully saturated rings. The molecule has 10 heterocycles. The third kappa shape index (κ3) is 15.8. The summed E-state index contributed by atoms with van der Waals surface area (Å²) in [6.07, 6.45) is 12.3. The van der Waals surface area contributed by atoms with Crippen molar-refractivity contribution in [2.75, 3.05) is 107 Å². The zero-order valence-corrected chi connectivity index (χ0v) is 54.3. The van der Waals surface area contributed by atoms with Crippen molar-refractivity contribution in [3.05, 3.63) is 93.2 Å². The fraction of sp³-hybridized carbons (Fsp3) is 0.550. The summed E-state index contributed by atoms with van der Waals surface area (Å²) in [6, 6.07) is 17.0. The third-order valence-electron chi connectivity index (χ3n) is 16.8. The molecule has 6 aromatic rings. The number of benzene rings is 2. The first-order valence-corrected chi connectivity index (χ1v) is 34.7. The number of piperidine rings is 4. The summed E-state index contributed by atoms with van der Waals surface area (Å²) in [4.78, 5) is 63.0. The van der Waals surface area contributed by atoms with Crippen LogP contribution in [0.15, 0.2) is 60.7 Å². The molecule has 2 aromatic carbocycles. The Bertz CT molecular complexity index is 3790. The molecule has 2 atom stereocenters. The van der Waals surface area contributed by atoms with Gasteiger partial charge in [0.1, 0.15) is 28.9 Å². The highest BCUT2D eigenvalue weighted by Crippen LogP contribution is 2.39. The van der Waals surface area contributed by atoms with Crippen LogP contribution < -0.4 is 40.1 Å². The number of carbonyl (C=O) groups is 3. The Balaban J connectivity index is 0.000000209. The van der Waals surface area contributed by atoms with Crippen LogP contribution in [-0.4, -0.2) is 169 Å². The summed E-state index contributed by atoms with van der Waals surface area (Å²) in [7, 11) is -7.22. The summed E-state index contributed by atoms with van der Waals surface area (Å²) in [6.45, 7) is 13.6. The second-order valence-electron chi connectivity index (χ2n) is 24.7. The van der Waals surface area contributed by atoms with Gasteiger partial charge in [0, 0.05) is 112 Å². The molecule has 0 bridgehead atoms. The van der Waals surface area contributed by atoms with E-state index in [0.29, 0.717) is 48.3 Å². The van der Waals surface area contributed by atoms with E-state index in [1.807, 2.05) is 41.9 Å². The Morgan fingerprint density at radius 2 is 0.978 bits per heavy atom. The van der Waals surface area contributed by atoms with E-state index >= 15 is 0 Å². The van der Waals surface area contributed by atoms with Gasteiger partial charge in [-0.3, -0.25) is 19.0 Å². The normalized spacial score (nSPS) is 19.5. The summed E-state index contributed by atoms with van der Waals surface area (Å²) in [5.74, 6) is 3.16. The van der Waals surface area contributed by atoms with Crippen LogP contribution in [-0.2, 0) is 24.8 Å². The summed E-state index contributed by atoms with van der Waals surface area (Å²) < 4.78 is 62.3. The number of halogens is 3. The predicted molar refractivity (Wildman–Crippen MR) is 353 cm³/mol.